The van der Waals surface area contributed by atoms with Gasteiger partial charge in [0.25, 0.3) is 0 Å². The van der Waals surface area contributed by atoms with Gasteiger partial charge in [-0.25, -0.2) is 18.4 Å². The van der Waals surface area contributed by atoms with E-state index in [1.165, 1.54) is 4.90 Å². The Balaban J connectivity index is 1.43. The SMILES string of the molecule is Cc1ccc(NC(=O)N(CCNC(=O)Nc2ccc(F)cc2F)c2ccc(Oc3ccccc3)cc2)cc1. The predicted octanol–water partition coefficient (Wildman–Crippen LogP) is 6.93. The summed E-state index contributed by atoms with van der Waals surface area (Å²) in [5.41, 5.74) is 2.09. The Kier molecular flexibility index (Phi) is 8.50. The van der Waals surface area contributed by atoms with Crippen LogP contribution in [0.5, 0.6) is 11.5 Å². The molecule has 0 heterocycles. The van der Waals surface area contributed by atoms with E-state index in [-0.39, 0.29) is 18.8 Å². The van der Waals surface area contributed by atoms with Gasteiger partial charge in [-0.1, -0.05) is 35.9 Å². The number of nitrogens with one attached hydrogen (secondary N) is 3. The van der Waals surface area contributed by atoms with Crippen LogP contribution < -0.4 is 25.6 Å². The van der Waals surface area contributed by atoms with Crippen LogP contribution in [-0.4, -0.2) is 25.2 Å². The van der Waals surface area contributed by atoms with Crippen LogP contribution in [-0.2, 0) is 0 Å². The second-order valence-electron chi connectivity index (χ2n) is 8.36. The van der Waals surface area contributed by atoms with Gasteiger partial charge < -0.3 is 20.7 Å². The standard InChI is InChI=1S/C29H26F2N4O3/c1-20-7-10-22(11-8-20)33-29(37)35(18-17-32-28(36)34-27-16-9-21(30)19-26(27)31)23-12-14-25(15-13-23)38-24-5-3-2-4-6-24/h2-16,19H,17-18H2,1H3,(H,33,37)(H2,32,34,36). The Morgan fingerprint density at radius 3 is 2.18 bits per heavy atom. The summed E-state index contributed by atoms with van der Waals surface area (Å²) in [6, 6.07) is 25.4. The fraction of sp³-hybridized carbons (Fsp3) is 0.103. The van der Waals surface area contributed by atoms with Gasteiger partial charge >= 0.3 is 12.1 Å². The normalized spacial score (nSPS) is 10.4. The van der Waals surface area contributed by atoms with Gasteiger partial charge in [0.2, 0.25) is 0 Å². The first-order valence-electron chi connectivity index (χ1n) is 11.9. The van der Waals surface area contributed by atoms with E-state index in [4.69, 9.17) is 4.74 Å². The number of amides is 4. The van der Waals surface area contributed by atoms with Crippen molar-refractivity contribution in [3.63, 3.8) is 0 Å². The van der Waals surface area contributed by atoms with Crippen LogP contribution in [0.4, 0.5) is 35.4 Å². The van der Waals surface area contributed by atoms with Crippen molar-refractivity contribution in [2.24, 2.45) is 0 Å². The largest absolute Gasteiger partial charge is 0.457 e. The van der Waals surface area contributed by atoms with Gasteiger partial charge in [-0.3, -0.25) is 4.90 Å². The molecule has 0 bridgehead atoms. The van der Waals surface area contributed by atoms with Crippen molar-refractivity contribution in [3.05, 3.63) is 114 Å². The van der Waals surface area contributed by atoms with Crippen molar-refractivity contribution < 1.29 is 23.1 Å². The Morgan fingerprint density at radius 2 is 1.50 bits per heavy atom. The lowest BCUT2D eigenvalue weighted by atomic mass is 10.2. The minimum absolute atomic E-state index is 0.0538. The Bertz CT molecular complexity index is 1380. The molecule has 0 aliphatic rings. The van der Waals surface area contributed by atoms with Crippen LogP contribution in [0.3, 0.4) is 0 Å². The van der Waals surface area contributed by atoms with Crippen molar-refractivity contribution in [2.75, 3.05) is 28.6 Å². The molecule has 4 aromatic carbocycles. The summed E-state index contributed by atoms with van der Waals surface area (Å²) in [6.07, 6.45) is 0. The molecule has 0 atom stereocenters. The number of anilines is 3. The summed E-state index contributed by atoms with van der Waals surface area (Å²) >= 11 is 0. The summed E-state index contributed by atoms with van der Waals surface area (Å²) < 4.78 is 32.8. The van der Waals surface area contributed by atoms with Crippen LogP contribution in [0.1, 0.15) is 5.56 Å². The van der Waals surface area contributed by atoms with E-state index in [0.29, 0.717) is 28.9 Å². The molecule has 0 saturated carbocycles. The van der Waals surface area contributed by atoms with Crippen LogP contribution >= 0.6 is 0 Å². The van der Waals surface area contributed by atoms with Gasteiger partial charge in [-0.05, 0) is 67.6 Å². The van der Waals surface area contributed by atoms with Gasteiger partial charge in [0.1, 0.15) is 23.1 Å². The lowest BCUT2D eigenvalue weighted by molar-refractivity contribution is 0.250. The summed E-state index contributed by atoms with van der Waals surface area (Å²) in [7, 11) is 0. The number of rotatable bonds is 8. The second-order valence-corrected chi connectivity index (χ2v) is 8.36. The number of carbonyl (C=O) groups excluding carboxylic acids is 2. The maximum Gasteiger partial charge on any atom is 0.326 e. The first-order chi connectivity index (χ1) is 18.4. The van der Waals surface area contributed by atoms with Crippen LogP contribution in [0.2, 0.25) is 0 Å². The number of para-hydroxylation sites is 1. The molecule has 0 radical (unpaired) electrons. The van der Waals surface area contributed by atoms with Gasteiger partial charge in [-0.2, -0.15) is 0 Å². The number of hydrogen-bond donors (Lipinski definition) is 3. The first kappa shape index (κ1) is 26.2. The third kappa shape index (κ3) is 7.30. The van der Waals surface area contributed by atoms with Gasteiger partial charge in [-0.15, -0.1) is 0 Å². The molecule has 0 unspecified atom stereocenters. The molecule has 3 N–H and O–H groups in total. The number of urea groups is 2. The molecule has 4 rings (SSSR count). The molecule has 0 aliphatic heterocycles. The van der Waals surface area contributed by atoms with E-state index < -0.39 is 23.7 Å². The number of ether oxygens (including phenoxy) is 1. The highest BCUT2D eigenvalue weighted by atomic mass is 19.1. The number of aryl methyl sites for hydroxylation is 1. The number of carbonyl (C=O) groups is 2. The smallest absolute Gasteiger partial charge is 0.326 e. The lowest BCUT2D eigenvalue weighted by Crippen LogP contribution is -2.42. The zero-order valence-corrected chi connectivity index (χ0v) is 20.6. The monoisotopic (exact) mass is 516 g/mol. The van der Waals surface area contributed by atoms with Crippen molar-refractivity contribution >= 4 is 29.1 Å². The van der Waals surface area contributed by atoms with Gasteiger partial charge in [0, 0.05) is 30.5 Å². The van der Waals surface area contributed by atoms with Gasteiger partial charge in [0.05, 0.1) is 5.69 Å². The summed E-state index contributed by atoms with van der Waals surface area (Å²) in [5, 5.41) is 7.77. The Labute approximate surface area is 219 Å². The number of halogens is 2. The van der Waals surface area contributed by atoms with E-state index in [1.54, 1.807) is 36.4 Å². The highest BCUT2D eigenvalue weighted by Gasteiger charge is 2.17. The molecule has 0 aliphatic carbocycles. The first-order valence-corrected chi connectivity index (χ1v) is 11.9. The van der Waals surface area contributed by atoms with Crippen LogP contribution in [0.25, 0.3) is 0 Å². The summed E-state index contributed by atoms with van der Waals surface area (Å²) in [5.74, 6) is -0.361. The molecule has 9 heteroatoms. The van der Waals surface area contributed by atoms with Crippen LogP contribution in [0, 0.1) is 18.6 Å². The summed E-state index contributed by atoms with van der Waals surface area (Å²) in [4.78, 5) is 26.9. The third-order valence-corrected chi connectivity index (χ3v) is 5.48. The third-order valence-electron chi connectivity index (χ3n) is 5.48. The molecule has 4 amide bonds. The minimum atomic E-state index is -0.892. The molecule has 4 aromatic rings. The average molecular weight is 517 g/mol. The van der Waals surface area contributed by atoms with E-state index in [9.17, 15) is 18.4 Å². The topological polar surface area (TPSA) is 82.7 Å². The highest BCUT2D eigenvalue weighted by molar-refractivity contribution is 6.01. The van der Waals surface area contributed by atoms with Crippen LogP contribution in [0.15, 0.2) is 97.1 Å². The zero-order valence-electron chi connectivity index (χ0n) is 20.6. The van der Waals surface area contributed by atoms with Crippen molar-refractivity contribution in [2.45, 2.75) is 6.92 Å². The molecule has 38 heavy (non-hydrogen) atoms. The van der Waals surface area contributed by atoms with E-state index in [1.807, 2.05) is 49.4 Å². The average Bonchev–Trinajstić information content (AvgIpc) is 2.91. The molecule has 0 spiro atoms. The molecule has 194 valence electrons. The van der Waals surface area contributed by atoms with Crippen molar-refractivity contribution in [3.8, 4) is 11.5 Å². The predicted molar refractivity (Wildman–Crippen MR) is 144 cm³/mol. The number of hydrogen-bond acceptors (Lipinski definition) is 3. The fourth-order valence-electron chi connectivity index (χ4n) is 3.53. The second kappa shape index (κ2) is 12.4. The molecular weight excluding hydrogens is 490 g/mol. The number of nitrogens with zero attached hydrogens (tertiary/aromatic N) is 1. The molecule has 0 aromatic heterocycles. The maximum atomic E-state index is 13.8. The lowest BCUT2D eigenvalue weighted by Gasteiger charge is -2.24. The fourth-order valence-corrected chi connectivity index (χ4v) is 3.53. The minimum Gasteiger partial charge on any atom is -0.457 e. The van der Waals surface area contributed by atoms with Crippen molar-refractivity contribution in [1.82, 2.24) is 5.32 Å². The Hall–Kier alpha value is -4.92. The molecule has 7 nitrogen and oxygen atoms in total. The van der Waals surface area contributed by atoms with E-state index in [2.05, 4.69) is 16.0 Å². The molecule has 0 saturated heterocycles. The molecular formula is C29H26F2N4O3. The van der Waals surface area contributed by atoms with E-state index in [0.717, 1.165) is 17.7 Å². The maximum absolute atomic E-state index is 13.8. The number of benzene rings is 4. The highest BCUT2D eigenvalue weighted by Crippen LogP contribution is 2.25. The molecule has 0 fully saturated rings. The van der Waals surface area contributed by atoms with Gasteiger partial charge in [0.15, 0.2) is 0 Å². The summed E-state index contributed by atoms with van der Waals surface area (Å²) in [6.45, 7) is 2.11. The van der Waals surface area contributed by atoms with E-state index >= 15 is 0 Å². The van der Waals surface area contributed by atoms with Crippen molar-refractivity contribution in [1.29, 1.82) is 0 Å². The quantitative estimate of drug-likeness (QED) is 0.238. The Morgan fingerprint density at radius 1 is 0.816 bits per heavy atom. The zero-order chi connectivity index (χ0) is 26.9.